The fraction of sp³-hybridized carbons (Fsp3) is 0.692. The van der Waals surface area contributed by atoms with E-state index in [4.69, 9.17) is 4.74 Å². The summed E-state index contributed by atoms with van der Waals surface area (Å²) in [5.41, 5.74) is 0.857. The molecule has 5 nitrogen and oxygen atoms in total. The van der Waals surface area contributed by atoms with Crippen LogP contribution in [0.1, 0.15) is 39.3 Å². The molecular weight excluding hydrogens is 230 g/mol. The first kappa shape index (κ1) is 14.7. The molecule has 1 heterocycles. The highest BCUT2D eigenvalue weighted by molar-refractivity contribution is 5.77. The fourth-order valence-electron chi connectivity index (χ4n) is 1.62. The van der Waals surface area contributed by atoms with Crippen molar-refractivity contribution >= 4 is 5.97 Å². The van der Waals surface area contributed by atoms with Gasteiger partial charge in [-0.2, -0.15) is 5.10 Å². The first-order chi connectivity index (χ1) is 8.58. The molecule has 0 aliphatic heterocycles. The molecule has 0 saturated heterocycles. The van der Waals surface area contributed by atoms with Crippen LogP contribution in [0.2, 0.25) is 0 Å². The van der Waals surface area contributed by atoms with Gasteiger partial charge in [0.05, 0.1) is 12.8 Å². The number of carbonyl (C=O) groups excluding carboxylic acids is 1. The van der Waals surface area contributed by atoms with E-state index in [-0.39, 0.29) is 5.97 Å². The molecule has 18 heavy (non-hydrogen) atoms. The molecule has 1 N–H and O–H groups in total. The average Bonchev–Trinajstić information content (AvgIpc) is 2.78. The SMILES string of the molecule is CCOC(=O)C(NCC(C)C)c1cnn(CC)c1. The molecule has 1 unspecified atom stereocenters. The first-order valence-electron chi connectivity index (χ1n) is 6.50. The molecule has 1 aromatic heterocycles. The average molecular weight is 253 g/mol. The van der Waals surface area contributed by atoms with Crippen LogP contribution in [0.15, 0.2) is 12.4 Å². The second-order valence-corrected chi connectivity index (χ2v) is 4.62. The number of esters is 1. The van der Waals surface area contributed by atoms with Crippen molar-refractivity contribution in [1.29, 1.82) is 0 Å². The van der Waals surface area contributed by atoms with Gasteiger partial charge in [0.2, 0.25) is 0 Å². The summed E-state index contributed by atoms with van der Waals surface area (Å²) in [4.78, 5) is 11.9. The third kappa shape index (κ3) is 4.14. The molecule has 1 aromatic rings. The van der Waals surface area contributed by atoms with Crippen molar-refractivity contribution in [1.82, 2.24) is 15.1 Å². The molecule has 5 heteroatoms. The van der Waals surface area contributed by atoms with Crippen LogP contribution in [0, 0.1) is 5.92 Å². The van der Waals surface area contributed by atoms with Gasteiger partial charge in [-0.3, -0.25) is 4.68 Å². The lowest BCUT2D eigenvalue weighted by Gasteiger charge is -2.17. The molecule has 0 fully saturated rings. The van der Waals surface area contributed by atoms with E-state index < -0.39 is 6.04 Å². The predicted molar refractivity (Wildman–Crippen MR) is 70.1 cm³/mol. The van der Waals surface area contributed by atoms with Gasteiger partial charge in [0, 0.05) is 18.3 Å². The highest BCUT2D eigenvalue weighted by Gasteiger charge is 2.23. The number of nitrogens with zero attached hydrogens (tertiary/aromatic N) is 2. The Morgan fingerprint density at radius 1 is 1.50 bits per heavy atom. The summed E-state index contributed by atoms with van der Waals surface area (Å²) < 4.78 is 6.90. The van der Waals surface area contributed by atoms with Crippen LogP contribution < -0.4 is 5.32 Å². The van der Waals surface area contributed by atoms with E-state index in [0.717, 1.165) is 18.7 Å². The molecule has 0 aromatic carbocycles. The summed E-state index contributed by atoms with van der Waals surface area (Å²) in [6, 6.07) is -0.423. The van der Waals surface area contributed by atoms with Gasteiger partial charge in [0.1, 0.15) is 6.04 Å². The minimum absolute atomic E-state index is 0.242. The van der Waals surface area contributed by atoms with Gasteiger partial charge in [-0.15, -0.1) is 0 Å². The maximum atomic E-state index is 11.9. The minimum Gasteiger partial charge on any atom is -0.465 e. The Hall–Kier alpha value is -1.36. The topological polar surface area (TPSA) is 56.1 Å². The Balaban J connectivity index is 2.78. The molecular formula is C13H23N3O2. The molecule has 1 atom stereocenters. The zero-order chi connectivity index (χ0) is 13.5. The van der Waals surface area contributed by atoms with Crippen LogP contribution >= 0.6 is 0 Å². The molecule has 102 valence electrons. The van der Waals surface area contributed by atoms with Crippen LogP contribution in [-0.2, 0) is 16.1 Å². The molecule has 0 aliphatic rings. The van der Waals surface area contributed by atoms with Gasteiger partial charge < -0.3 is 10.1 Å². The Morgan fingerprint density at radius 2 is 2.22 bits per heavy atom. The van der Waals surface area contributed by atoms with Crippen LogP contribution in [0.5, 0.6) is 0 Å². The second-order valence-electron chi connectivity index (χ2n) is 4.62. The van der Waals surface area contributed by atoms with Gasteiger partial charge in [-0.05, 0) is 26.3 Å². The smallest absolute Gasteiger partial charge is 0.327 e. The number of carbonyl (C=O) groups is 1. The molecule has 1 rings (SSSR count). The van der Waals surface area contributed by atoms with Gasteiger partial charge in [0.25, 0.3) is 0 Å². The third-order valence-electron chi connectivity index (χ3n) is 2.56. The molecule has 0 radical (unpaired) electrons. The van der Waals surface area contributed by atoms with Crippen molar-refractivity contribution < 1.29 is 9.53 Å². The summed E-state index contributed by atoms with van der Waals surface area (Å²) in [5, 5.41) is 7.42. The quantitative estimate of drug-likeness (QED) is 0.752. The number of hydrogen-bond donors (Lipinski definition) is 1. The number of aromatic nitrogens is 2. The largest absolute Gasteiger partial charge is 0.465 e. The maximum absolute atomic E-state index is 11.9. The van der Waals surface area contributed by atoms with Gasteiger partial charge in [-0.1, -0.05) is 13.8 Å². The fourth-order valence-corrected chi connectivity index (χ4v) is 1.62. The minimum atomic E-state index is -0.423. The summed E-state index contributed by atoms with van der Waals surface area (Å²) in [5.74, 6) is 0.233. The van der Waals surface area contributed by atoms with Crippen molar-refractivity contribution in [3.63, 3.8) is 0 Å². The molecule has 0 bridgehead atoms. The summed E-state index contributed by atoms with van der Waals surface area (Å²) in [7, 11) is 0. The van der Waals surface area contributed by atoms with Gasteiger partial charge in [0.15, 0.2) is 0 Å². The Bertz CT molecular complexity index is 374. The van der Waals surface area contributed by atoms with Crippen molar-refractivity contribution in [2.24, 2.45) is 5.92 Å². The molecule has 0 aliphatic carbocycles. The van der Waals surface area contributed by atoms with Crippen molar-refractivity contribution in [2.45, 2.75) is 40.3 Å². The molecule has 0 spiro atoms. The lowest BCUT2D eigenvalue weighted by molar-refractivity contribution is -0.145. The molecule has 0 saturated carbocycles. The lowest BCUT2D eigenvalue weighted by Crippen LogP contribution is -2.32. The summed E-state index contributed by atoms with van der Waals surface area (Å²) in [6.45, 7) is 9.97. The van der Waals surface area contributed by atoms with E-state index in [0.29, 0.717) is 12.5 Å². The highest BCUT2D eigenvalue weighted by atomic mass is 16.5. The third-order valence-corrected chi connectivity index (χ3v) is 2.56. The zero-order valence-corrected chi connectivity index (χ0v) is 11.6. The second kappa shape index (κ2) is 7.16. The van der Waals surface area contributed by atoms with E-state index >= 15 is 0 Å². The zero-order valence-electron chi connectivity index (χ0n) is 11.6. The number of nitrogens with one attached hydrogen (secondary N) is 1. The van der Waals surface area contributed by atoms with Crippen LogP contribution in [0.3, 0.4) is 0 Å². The lowest BCUT2D eigenvalue weighted by atomic mass is 10.1. The standard InChI is InChI=1S/C13H23N3O2/c1-5-16-9-11(8-15-16)12(13(17)18-6-2)14-7-10(3)4/h8-10,12,14H,5-7H2,1-4H3. The Labute approximate surface area is 109 Å². The van der Waals surface area contributed by atoms with Gasteiger partial charge in [-0.25, -0.2) is 4.79 Å². The number of rotatable bonds is 7. The van der Waals surface area contributed by atoms with Crippen LogP contribution in [0.25, 0.3) is 0 Å². The maximum Gasteiger partial charge on any atom is 0.327 e. The highest BCUT2D eigenvalue weighted by Crippen LogP contribution is 2.14. The van der Waals surface area contributed by atoms with Crippen molar-refractivity contribution in [2.75, 3.05) is 13.2 Å². The Kier molecular flexibility index (Phi) is 5.85. The van der Waals surface area contributed by atoms with Gasteiger partial charge >= 0.3 is 5.97 Å². The molecule has 0 amide bonds. The van der Waals surface area contributed by atoms with Crippen LogP contribution in [0.4, 0.5) is 0 Å². The monoisotopic (exact) mass is 253 g/mol. The van der Waals surface area contributed by atoms with Crippen molar-refractivity contribution in [3.05, 3.63) is 18.0 Å². The van der Waals surface area contributed by atoms with E-state index in [2.05, 4.69) is 24.3 Å². The first-order valence-corrected chi connectivity index (χ1v) is 6.50. The Morgan fingerprint density at radius 3 is 2.72 bits per heavy atom. The number of ether oxygens (including phenoxy) is 1. The number of hydrogen-bond acceptors (Lipinski definition) is 4. The van der Waals surface area contributed by atoms with Crippen molar-refractivity contribution in [3.8, 4) is 0 Å². The number of aryl methyl sites for hydroxylation is 1. The summed E-state index contributed by atoms with van der Waals surface area (Å²) >= 11 is 0. The van der Waals surface area contributed by atoms with E-state index in [9.17, 15) is 4.79 Å². The van der Waals surface area contributed by atoms with E-state index in [1.165, 1.54) is 0 Å². The summed E-state index contributed by atoms with van der Waals surface area (Å²) in [6.07, 6.45) is 3.60. The van der Waals surface area contributed by atoms with Crippen LogP contribution in [-0.4, -0.2) is 28.9 Å². The van der Waals surface area contributed by atoms with E-state index in [1.807, 2.05) is 20.0 Å². The predicted octanol–water partition coefficient (Wildman–Crippen LogP) is 1.75. The van der Waals surface area contributed by atoms with E-state index in [1.54, 1.807) is 10.9 Å². The normalized spacial score (nSPS) is 12.7.